The van der Waals surface area contributed by atoms with Crippen LogP contribution in [0.5, 0.6) is 0 Å². The molecule has 1 aromatic heterocycles. The number of hydrogen-bond donors (Lipinski definition) is 3. The fourth-order valence-corrected chi connectivity index (χ4v) is 1.75. The molecule has 0 aliphatic heterocycles. The fraction of sp³-hybridized carbons (Fsp3) is 0.615. The van der Waals surface area contributed by atoms with E-state index >= 15 is 0 Å². The van der Waals surface area contributed by atoms with Crippen molar-refractivity contribution in [1.82, 2.24) is 15.1 Å². The van der Waals surface area contributed by atoms with Gasteiger partial charge in [-0.05, 0) is 18.3 Å². The summed E-state index contributed by atoms with van der Waals surface area (Å²) >= 11 is 0. The van der Waals surface area contributed by atoms with Gasteiger partial charge < -0.3 is 15.7 Å². The molecule has 20 heavy (non-hydrogen) atoms. The van der Waals surface area contributed by atoms with E-state index in [0.717, 1.165) is 6.42 Å². The van der Waals surface area contributed by atoms with Crippen LogP contribution in [-0.4, -0.2) is 33.4 Å². The van der Waals surface area contributed by atoms with E-state index in [-0.39, 0.29) is 17.9 Å². The molecule has 0 saturated heterocycles. The van der Waals surface area contributed by atoms with E-state index < -0.39 is 5.97 Å². The van der Waals surface area contributed by atoms with Crippen LogP contribution >= 0.6 is 0 Å². The Kier molecular flexibility index (Phi) is 5.54. The Labute approximate surface area is 118 Å². The number of carboxylic acid groups (broad SMARTS) is 1. The molecule has 7 heteroatoms. The van der Waals surface area contributed by atoms with Crippen molar-refractivity contribution in [1.29, 1.82) is 0 Å². The van der Waals surface area contributed by atoms with Gasteiger partial charge in [-0.2, -0.15) is 5.10 Å². The van der Waals surface area contributed by atoms with Crippen molar-refractivity contribution in [3.8, 4) is 0 Å². The van der Waals surface area contributed by atoms with E-state index in [1.807, 2.05) is 13.8 Å². The van der Waals surface area contributed by atoms with E-state index in [1.54, 1.807) is 24.1 Å². The van der Waals surface area contributed by atoms with E-state index in [0.29, 0.717) is 18.7 Å². The van der Waals surface area contributed by atoms with Crippen LogP contribution in [0.1, 0.15) is 33.1 Å². The monoisotopic (exact) mass is 282 g/mol. The molecular formula is C13H22N4O3. The lowest BCUT2D eigenvalue weighted by atomic mass is 9.84. The predicted octanol–water partition coefficient (Wildman–Crippen LogP) is 1.82. The highest BCUT2D eigenvalue weighted by Gasteiger charge is 2.19. The van der Waals surface area contributed by atoms with Gasteiger partial charge in [-0.25, -0.2) is 4.79 Å². The van der Waals surface area contributed by atoms with Gasteiger partial charge in [-0.1, -0.05) is 13.8 Å². The van der Waals surface area contributed by atoms with E-state index in [1.165, 1.54) is 0 Å². The van der Waals surface area contributed by atoms with Crippen LogP contribution in [0, 0.1) is 5.41 Å². The lowest BCUT2D eigenvalue weighted by Crippen LogP contribution is -2.32. The Hall–Kier alpha value is -2.05. The minimum Gasteiger partial charge on any atom is -0.481 e. The highest BCUT2D eigenvalue weighted by Crippen LogP contribution is 2.25. The zero-order valence-electron chi connectivity index (χ0n) is 12.1. The third kappa shape index (κ3) is 6.21. The second-order valence-corrected chi connectivity index (χ2v) is 5.59. The third-order valence-electron chi connectivity index (χ3n) is 3.07. The smallest absolute Gasteiger partial charge is 0.319 e. The zero-order chi connectivity index (χ0) is 15.2. The predicted molar refractivity (Wildman–Crippen MR) is 75.5 cm³/mol. The van der Waals surface area contributed by atoms with Crippen molar-refractivity contribution in [3.05, 3.63) is 12.4 Å². The summed E-state index contributed by atoms with van der Waals surface area (Å²) in [5.41, 5.74) is 0.523. The Morgan fingerprint density at radius 3 is 2.65 bits per heavy atom. The Balaban J connectivity index is 2.25. The first-order chi connectivity index (χ1) is 9.28. The van der Waals surface area contributed by atoms with Gasteiger partial charge in [0.1, 0.15) is 0 Å². The molecule has 0 atom stereocenters. The number of nitrogens with zero attached hydrogens (tertiary/aromatic N) is 2. The van der Waals surface area contributed by atoms with Gasteiger partial charge in [0.05, 0.1) is 11.9 Å². The molecule has 0 unspecified atom stereocenters. The van der Waals surface area contributed by atoms with Gasteiger partial charge in [0, 0.05) is 26.2 Å². The SMILES string of the molecule is Cn1cc(NC(=O)NCCC(C)(C)CCC(=O)O)cn1. The molecule has 1 aromatic rings. The maximum absolute atomic E-state index is 11.6. The molecule has 0 aliphatic rings. The first-order valence-corrected chi connectivity index (χ1v) is 6.54. The quantitative estimate of drug-likeness (QED) is 0.710. The minimum absolute atomic E-state index is 0.111. The molecule has 3 N–H and O–H groups in total. The molecule has 1 rings (SSSR count). The van der Waals surface area contributed by atoms with Crippen molar-refractivity contribution >= 4 is 17.7 Å². The van der Waals surface area contributed by atoms with Gasteiger partial charge in [-0.15, -0.1) is 0 Å². The number of aromatic nitrogens is 2. The summed E-state index contributed by atoms with van der Waals surface area (Å²) < 4.78 is 1.60. The highest BCUT2D eigenvalue weighted by atomic mass is 16.4. The van der Waals surface area contributed by atoms with Gasteiger partial charge in [0.25, 0.3) is 0 Å². The minimum atomic E-state index is -0.791. The number of hydrogen-bond acceptors (Lipinski definition) is 3. The number of nitrogens with one attached hydrogen (secondary N) is 2. The molecule has 0 spiro atoms. The number of amides is 2. The van der Waals surface area contributed by atoms with Crippen LogP contribution in [0.2, 0.25) is 0 Å². The summed E-state index contributed by atoms with van der Waals surface area (Å²) in [4.78, 5) is 22.2. The lowest BCUT2D eigenvalue weighted by molar-refractivity contribution is -0.137. The molecule has 2 amide bonds. The molecule has 1 heterocycles. The zero-order valence-corrected chi connectivity index (χ0v) is 12.1. The van der Waals surface area contributed by atoms with E-state index in [4.69, 9.17) is 5.11 Å². The van der Waals surface area contributed by atoms with Crippen molar-refractivity contribution in [2.45, 2.75) is 33.1 Å². The second-order valence-electron chi connectivity index (χ2n) is 5.59. The Morgan fingerprint density at radius 1 is 1.40 bits per heavy atom. The van der Waals surface area contributed by atoms with Crippen LogP contribution in [0.25, 0.3) is 0 Å². The number of rotatable bonds is 7. The number of aryl methyl sites for hydroxylation is 1. The Bertz CT molecular complexity index is 468. The van der Waals surface area contributed by atoms with Gasteiger partial charge in [0.2, 0.25) is 0 Å². The topological polar surface area (TPSA) is 96.2 Å². The number of urea groups is 1. The number of carboxylic acids is 1. The second kappa shape index (κ2) is 6.93. The largest absolute Gasteiger partial charge is 0.481 e. The molecule has 0 radical (unpaired) electrons. The number of carbonyl (C=O) groups is 2. The molecule has 7 nitrogen and oxygen atoms in total. The molecule has 0 saturated carbocycles. The summed E-state index contributed by atoms with van der Waals surface area (Å²) in [5, 5.41) is 18.0. The summed E-state index contributed by atoms with van der Waals surface area (Å²) in [5.74, 6) is -0.791. The first kappa shape index (κ1) is 16.0. The maximum Gasteiger partial charge on any atom is 0.319 e. The molecule has 0 aliphatic carbocycles. The Morgan fingerprint density at radius 2 is 2.10 bits per heavy atom. The molecule has 0 bridgehead atoms. The molecule has 112 valence electrons. The van der Waals surface area contributed by atoms with Crippen molar-refractivity contribution in [3.63, 3.8) is 0 Å². The molecular weight excluding hydrogens is 260 g/mol. The normalized spacial score (nSPS) is 11.2. The van der Waals surface area contributed by atoms with Crippen molar-refractivity contribution in [2.24, 2.45) is 12.5 Å². The number of carbonyl (C=O) groups excluding carboxylic acids is 1. The van der Waals surface area contributed by atoms with Crippen LogP contribution in [0.4, 0.5) is 10.5 Å². The van der Waals surface area contributed by atoms with Crippen molar-refractivity contribution < 1.29 is 14.7 Å². The third-order valence-corrected chi connectivity index (χ3v) is 3.07. The highest BCUT2D eigenvalue weighted by molar-refractivity contribution is 5.88. The maximum atomic E-state index is 11.6. The van der Waals surface area contributed by atoms with Gasteiger partial charge >= 0.3 is 12.0 Å². The first-order valence-electron chi connectivity index (χ1n) is 6.54. The molecule has 0 aromatic carbocycles. The fourth-order valence-electron chi connectivity index (χ4n) is 1.75. The standard InChI is InChI=1S/C13H22N4O3/c1-13(2,5-4-11(18)19)6-7-14-12(20)16-10-8-15-17(3)9-10/h8-9H,4-7H2,1-3H3,(H,18,19)(H2,14,16,20). The van der Waals surface area contributed by atoms with Gasteiger partial charge in [-0.3, -0.25) is 9.48 Å². The van der Waals surface area contributed by atoms with E-state index in [2.05, 4.69) is 15.7 Å². The molecule has 0 fully saturated rings. The van der Waals surface area contributed by atoms with Crippen molar-refractivity contribution in [2.75, 3.05) is 11.9 Å². The van der Waals surface area contributed by atoms with Crippen LogP contribution in [0.15, 0.2) is 12.4 Å². The average Bonchev–Trinajstić information content (AvgIpc) is 2.72. The summed E-state index contributed by atoms with van der Waals surface area (Å²) in [6.45, 7) is 4.49. The van der Waals surface area contributed by atoms with Crippen LogP contribution in [0.3, 0.4) is 0 Å². The summed E-state index contributed by atoms with van der Waals surface area (Å²) in [6.07, 6.45) is 4.73. The van der Waals surface area contributed by atoms with Crippen LogP contribution in [-0.2, 0) is 11.8 Å². The van der Waals surface area contributed by atoms with Crippen LogP contribution < -0.4 is 10.6 Å². The number of aliphatic carboxylic acids is 1. The number of anilines is 1. The summed E-state index contributed by atoms with van der Waals surface area (Å²) in [7, 11) is 1.77. The summed E-state index contributed by atoms with van der Waals surface area (Å²) in [6, 6.07) is -0.285. The lowest BCUT2D eigenvalue weighted by Gasteiger charge is -2.23. The van der Waals surface area contributed by atoms with Gasteiger partial charge in [0.15, 0.2) is 0 Å². The average molecular weight is 282 g/mol. The van der Waals surface area contributed by atoms with E-state index in [9.17, 15) is 9.59 Å².